The fourth-order valence-corrected chi connectivity index (χ4v) is 3.14. The molecule has 0 spiro atoms. The summed E-state index contributed by atoms with van der Waals surface area (Å²) in [5.41, 5.74) is -0.270. The topological polar surface area (TPSA) is 77.1 Å². The molecule has 1 aliphatic heterocycles. The summed E-state index contributed by atoms with van der Waals surface area (Å²) in [7, 11) is 1.48. The third kappa shape index (κ3) is 5.70. The molecule has 1 fully saturated rings. The minimum atomic E-state index is -4.57. The Morgan fingerprint density at radius 1 is 1.09 bits per heavy atom. The molecule has 0 aliphatic carbocycles. The van der Waals surface area contributed by atoms with Crippen LogP contribution in [-0.4, -0.2) is 51.4 Å². The van der Waals surface area contributed by atoms with Crippen LogP contribution in [-0.2, 0) is 20.4 Å². The Hall–Kier alpha value is -3.27. The zero-order valence-electron chi connectivity index (χ0n) is 17.6. The Bertz CT molecular complexity index is 957. The van der Waals surface area contributed by atoms with Gasteiger partial charge in [-0.05, 0) is 49.4 Å². The van der Waals surface area contributed by atoms with Crippen LogP contribution in [0.1, 0.15) is 22.8 Å². The van der Waals surface area contributed by atoms with E-state index in [1.54, 1.807) is 12.1 Å². The molecule has 2 aromatic rings. The van der Waals surface area contributed by atoms with Gasteiger partial charge in [0.05, 0.1) is 42.8 Å². The van der Waals surface area contributed by atoms with E-state index in [1.165, 1.54) is 32.2 Å². The maximum Gasteiger partial charge on any atom is 0.416 e. The molecule has 0 bridgehead atoms. The summed E-state index contributed by atoms with van der Waals surface area (Å²) in [6.45, 7) is 3.12. The van der Waals surface area contributed by atoms with E-state index in [0.29, 0.717) is 37.7 Å². The average molecular weight is 452 g/mol. The number of hydrogen-bond donors (Lipinski definition) is 1. The SMILES string of the molecule is COc1ccc(C(=O)OC(C)C(=O)Nc2cc(C(F)(F)F)ccc2N2CCOCC2)cc1. The monoisotopic (exact) mass is 452 g/mol. The van der Waals surface area contributed by atoms with Gasteiger partial charge in [0, 0.05) is 13.1 Å². The van der Waals surface area contributed by atoms with Crippen LogP contribution in [0.2, 0.25) is 0 Å². The molecule has 1 amide bonds. The van der Waals surface area contributed by atoms with Crippen LogP contribution in [0.4, 0.5) is 24.5 Å². The number of amides is 1. The Labute approximate surface area is 183 Å². The quantitative estimate of drug-likeness (QED) is 0.673. The van der Waals surface area contributed by atoms with Crippen molar-refractivity contribution in [2.45, 2.75) is 19.2 Å². The van der Waals surface area contributed by atoms with Crippen molar-refractivity contribution in [3.63, 3.8) is 0 Å². The zero-order chi connectivity index (χ0) is 23.3. The molecule has 2 aromatic carbocycles. The van der Waals surface area contributed by atoms with Gasteiger partial charge in [-0.3, -0.25) is 4.79 Å². The number of ether oxygens (including phenoxy) is 3. The fourth-order valence-electron chi connectivity index (χ4n) is 3.14. The number of alkyl halides is 3. The van der Waals surface area contributed by atoms with Crippen LogP contribution in [0.5, 0.6) is 5.75 Å². The van der Waals surface area contributed by atoms with E-state index in [0.717, 1.165) is 12.1 Å². The molecule has 3 rings (SSSR count). The third-order valence-electron chi connectivity index (χ3n) is 4.91. The Morgan fingerprint density at radius 2 is 1.75 bits per heavy atom. The van der Waals surface area contributed by atoms with Crippen LogP contribution in [0.25, 0.3) is 0 Å². The molecule has 1 saturated heterocycles. The van der Waals surface area contributed by atoms with Gasteiger partial charge in [0.25, 0.3) is 5.91 Å². The predicted octanol–water partition coefficient (Wildman–Crippen LogP) is 3.73. The lowest BCUT2D eigenvalue weighted by Crippen LogP contribution is -2.37. The number of rotatable bonds is 6. The number of morpholine rings is 1. The number of nitrogens with one attached hydrogen (secondary N) is 1. The summed E-state index contributed by atoms with van der Waals surface area (Å²) >= 11 is 0. The summed E-state index contributed by atoms with van der Waals surface area (Å²) in [5, 5.41) is 2.48. The number of methoxy groups -OCH3 is 1. The van der Waals surface area contributed by atoms with Crippen molar-refractivity contribution in [1.82, 2.24) is 0 Å². The van der Waals surface area contributed by atoms with Crippen molar-refractivity contribution in [2.75, 3.05) is 43.6 Å². The molecule has 1 unspecified atom stereocenters. The molecule has 1 aliphatic rings. The number of benzene rings is 2. The van der Waals surface area contributed by atoms with Crippen LogP contribution in [0.3, 0.4) is 0 Å². The normalized spacial score (nSPS) is 15.1. The average Bonchev–Trinajstić information content (AvgIpc) is 2.79. The van der Waals surface area contributed by atoms with E-state index >= 15 is 0 Å². The van der Waals surface area contributed by atoms with Crippen LogP contribution >= 0.6 is 0 Å². The number of anilines is 2. The maximum absolute atomic E-state index is 13.2. The number of carbonyl (C=O) groups is 2. The number of hydrogen-bond acceptors (Lipinski definition) is 6. The fraction of sp³-hybridized carbons (Fsp3) is 0.364. The first-order valence-corrected chi connectivity index (χ1v) is 9.89. The maximum atomic E-state index is 13.2. The Morgan fingerprint density at radius 3 is 2.34 bits per heavy atom. The van der Waals surface area contributed by atoms with Crippen molar-refractivity contribution in [3.8, 4) is 5.75 Å². The lowest BCUT2D eigenvalue weighted by atomic mass is 10.1. The zero-order valence-corrected chi connectivity index (χ0v) is 17.6. The van der Waals surface area contributed by atoms with Crippen LogP contribution < -0.4 is 15.0 Å². The number of halogens is 3. The summed E-state index contributed by atoms with van der Waals surface area (Å²) in [6.07, 6.45) is -5.81. The molecular formula is C22H23F3N2O5. The first-order valence-electron chi connectivity index (χ1n) is 9.89. The summed E-state index contributed by atoms with van der Waals surface area (Å²) in [5.74, 6) is -0.944. The van der Waals surface area contributed by atoms with Gasteiger partial charge in [0.2, 0.25) is 0 Å². The van der Waals surface area contributed by atoms with E-state index < -0.39 is 29.7 Å². The highest BCUT2D eigenvalue weighted by Crippen LogP contribution is 2.36. The van der Waals surface area contributed by atoms with E-state index in [9.17, 15) is 22.8 Å². The van der Waals surface area contributed by atoms with Gasteiger partial charge in [-0.2, -0.15) is 13.2 Å². The molecule has 1 heterocycles. The molecule has 10 heteroatoms. The molecule has 32 heavy (non-hydrogen) atoms. The summed E-state index contributed by atoms with van der Waals surface area (Å²) in [4.78, 5) is 26.8. The first-order chi connectivity index (χ1) is 15.2. The second kappa shape index (κ2) is 9.90. The van der Waals surface area contributed by atoms with Crippen molar-refractivity contribution in [3.05, 3.63) is 53.6 Å². The largest absolute Gasteiger partial charge is 0.497 e. The van der Waals surface area contributed by atoms with Gasteiger partial charge in [0.15, 0.2) is 6.10 Å². The molecular weight excluding hydrogens is 429 g/mol. The Balaban J connectivity index is 1.75. The summed E-state index contributed by atoms with van der Waals surface area (Å²) in [6, 6.07) is 9.26. The van der Waals surface area contributed by atoms with E-state index in [1.807, 2.05) is 4.90 Å². The van der Waals surface area contributed by atoms with E-state index in [4.69, 9.17) is 14.2 Å². The smallest absolute Gasteiger partial charge is 0.416 e. The molecule has 1 N–H and O–H groups in total. The van der Waals surface area contributed by atoms with Gasteiger partial charge < -0.3 is 24.4 Å². The first kappa shape index (κ1) is 23.4. The molecule has 7 nitrogen and oxygen atoms in total. The molecule has 0 saturated carbocycles. The molecule has 0 aromatic heterocycles. The predicted molar refractivity (Wildman–Crippen MR) is 111 cm³/mol. The highest BCUT2D eigenvalue weighted by Gasteiger charge is 2.32. The summed E-state index contributed by atoms with van der Waals surface area (Å²) < 4.78 is 55.2. The highest BCUT2D eigenvalue weighted by atomic mass is 19.4. The van der Waals surface area contributed by atoms with Gasteiger partial charge in [-0.1, -0.05) is 0 Å². The van der Waals surface area contributed by atoms with Crippen LogP contribution in [0, 0.1) is 0 Å². The van der Waals surface area contributed by atoms with Crippen LogP contribution in [0.15, 0.2) is 42.5 Å². The molecule has 172 valence electrons. The number of esters is 1. The standard InChI is InChI=1S/C22H23F3N2O5/c1-14(32-21(29)15-3-6-17(30-2)7-4-15)20(28)26-18-13-16(22(23,24)25)5-8-19(18)27-9-11-31-12-10-27/h3-8,13-14H,9-12H2,1-2H3,(H,26,28). The van der Waals surface area contributed by atoms with Gasteiger partial charge >= 0.3 is 12.1 Å². The van der Waals surface area contributed by atoms with Crippen molar-refractivity contribution < 1.29 is 37.0 Å². The van der Waals surface area contributed by atoms with Gasteiger partial charge in [-0.15, -0.1) is 0 Å². The number of nitrogens with zero attached hydrogens (tertiary/aromatic N) is 1. The minimum absolute atomic E-state index is 0.0147. The Kier molecular flexibility index (Phi) is 7.24. The number of carbonyl (C=O) groups excluding carboxylic acids is 2. The van der Waals surface area contributed by atoms with Crippen molar-refractivity contribution in [2.24, 2.45) is 0 Å². The minimum Gasteiger partial charge on any atom is -0.497 e. The van der Waals surface area contributed by atoms with E-state index in [2.05, 4.69) is 5.32 Å². The molecule has 0 radical (unpaired) electrons. The second-order valence-electron chi connectivity index (χ2n) is 7.09. The lowest BCUT2D eigenvalue weighted by molar-refractivity contribution is -0.137. The van der Waals surface area contributed by atoms with Crippen molar-refractivity contribution >= 4 is 23.3 Å². The lowest BCUT2D eigenvalue weighted by Gasteiger charge is -2.31. The van der Waals surface area contributed by atoms with Gasteiger partial charge in [-0.25, -0.2) is 4.79 Å². The van der Waals surface area contributed by atoms with Gasteiger partial charge in [0.1, 0.15) is 5.75 Å². The highest BCUT2D eigenvalue weighted by molar-refractivity contribution is 5.99. The van der Waals surface area contributed by atoms with E-state index in [-0.39, 0.29) is 11.3 Å². The third-order valence-corrected chi connectivity index (χ3v) is 4.91. The molecule has 1 atom stereocenters. The second-order valence-corrected chi connectivity index (χ2v) is 7.09. The van der Waals surface area contributed by atoms with Crippen molar-refractivity contribution in [1.29, 1.82) is 0 Å².